The van der Waals surface area contributed by atoms with Gasteiger partial charge in [-0.2, -0.15) is 0 Å². The lowest BCUT2D eigenvalue weighted by molar-refractivity contribution is -0.870. The van der Waals surface area contributed by atoms with Gasteiger partial charge in [0.1, 0.15) is 19.3 Å². The maximum Gasteiger partial charge on any atom is 0.472 e. The monoisotopic (exact) mass is 769 g/mol. The summed E-state index contributed by atoms with van der Waals surface area (Å²) < 4.78 is 34.9. The van der Waals surface area contributed by atoms with Gasteiger partial charge in [-0.25, -0.2) is 4.57 Å². The standard InChI is InChI=1S/C44H82NO7P/c1-6-8-10-12-14-16-18-20-22-23-24-25-27-29-31-33-35-37-44(46)52-43(42-51-53(47,48)50-40-38-45(3,4)5)41-49-39-36-34-32-30-28-26-21-19-17-15-13-11-9-7-2/h14,16,20,22,24-25,29,31,43H,6-13,15,17-19,21,23,26-28,30,32-42H2,1-5H3/p+1/b16-14+,22-20+,25-24+,31-29+/t43-/m1/s1. The van der Waals surface area contributed by atoms with Crippen molar-refractivity contribution in [1.29, 1.82) is 0 Å². The fraction of sp³-hybridized carbons (Fsp3) is 0.795. The van der Waals surface area contributed by atoms with E-state index >= 15 is 0 Å². The van der Waals surface area contributed by atoms with Gasteiger partial charge in [0, 0.05) is 13.0 Å². The molecule has 8 nitrogen and oxygen atoms in total. The van der Waals surface area contributed by atoms with E-state index in [4.69, 9.17) is 18.5 Å². The Morgan fingerprint density at radius 1 is 0.585 bits per heavy atom. The number of hydrogen-bond donors (Lipinski definition) is 1. The number of allylic oxidation sites excluding steroid dienone is 8. The Kier molecular flexibility index (Phi) is 36.3. The Morgan fingerprint density at radius 3 is 1.55 bits per heavy atom. The summed E-state index contributed by atoms with van der Waals surface area (Å²) in [5.74, 6) is -0.367. The van der Waals surface area contributed by atoms with Crippen molar-refractivity contribution in [1.82, 2.24) is 0 Å². The van der Waals surface area contributed by atoms with Gasteiger partial charge in [0.05, 0.1) is 34.4 Å². The first-order valence-electron chi connectivity index (χ1n) is 21.4. The number of carbonyl (C=O) groups is 1. The van der Waals surface area contributed by atoms with Crippen LogP contribution in [0.25, 0.3) is 0 Å². The van der Waals surface area contributed by atoms with Crippen LogP contribution in [0.2, 0.25) is 0 Å². The summed E-state index contributed by atoms with van der Waals surface area (Å²) in [6.45, 7) is 5.52. The largest absolute Gasteiger partial charge is 0.472 e. The molecule has 0 aromatic carbocycles. The highest BCUT2D eigenvalue weighted by Crippen LogP contribution is 2.43. The third-order valence-electron chi connectivity index (χ3n) is 8.89. The van der Waals surface area contributed by atoms with E-state index in [0.29, 0.717) is 24.1 Å². The quantitative estimate of drug-likeness (QED) is 0.0219. The van der Waals surface area contributed by atoms with E-state index in [2.05, 4.69) is 62.5 Å². The normalized spacial score (nSPS) is 14.3. The topological polar surface area (TPSA) is 91.3 Å². The molecule has 0 spiro atoms. The Balaban J connectivity index is 4.36. The first kappa shape index (κ1) is 51.5. The molecule has 0 amide bonds. The predicted octanol–water partition coefficient (Wildman–Crippen LogP) is 12.4. The van der Waals surface area contributed by atoms with Gasteiger partial charge >= 0.3 is 13.8 Å². The maximum atomic E-state index is 12.6. The van der Waals surface area contributed by atoms with E-state index in [1.54, 1.807) is 0 Å². The molecule has 2 atom stereocenters. The van der Waals surface area contributed by atoms with Crippen LogP contribution in [0, 0.1) is 0 Å². The number of hydrogen-bond acceptors (Lipinski definition) is 6. The number of rotatable bonds is 39. The first-order valence-corrected chi connectivity index (χ1v) is 22.9. The number of nitrogens with zero attached hydrogens (tertiary/aromatic N) is 1. The molecule has 0 saturated heterocycles. The SMILES string of the molecule is CCCCC/C=C/C/C=C/C/C=C/C/C=C/CCCC(=O)O[C@H](COCCCCCCCCCCCCCCCC)COP(=O)(O)OCC[N+](C)(C)C. The molecule has 0 heterocycles. The average Bonchev–Trinajstić information content (AvgIpc) is 3.11. The molecular weight excluding hydrogens is 685 g/mol. The van der Waals surface area contributed by atoms with Crippen LogP contribution in [0.3, 0.4) is 0 Å². The number of esters is 1. The van der Waals surface area contributed by atoms with Gasteiger partial charge in [-0.1, -0.05) is 159 Å². The number of unbranched alkanes of at least 4 members (excludes halogenated alkanes) is 17. The molecule has 0 aromatic heterocycles. The van der Waals surface area contributed by atoms with Crippen LogP contribution in [0.1, 0.15) is 168 Å². The second-order valence-corrected chi connectivity index (χ2v) is 16.8. The second-order valence-electron chi connectivity index (χ2n) is 15.4. The zero-order chi connectivity index (χ0) is 39.1. The van der Waals surface area contributed by atoms with Gasteiger partial charge in [0.25, 0.3) is 0 Å². The van der Waals surface area contributed by atoms with Gasteiger partial charge in [0.15, 0.2) is 0 Å². The Morgan fingerprint density at radius 2 is 1.04 bits per heavy atom. The Bertz CT molecular complexity index is 989. The summed E-state index contributed by atoms with van der Waals surface area (Å²) in [5.41, 5.74) is 0. The number of ether oxygens (including phenoxy) is 2. The molecule has 0 radical (unpaired) electrons. The minimum atomic E-state index is -4.29. The first-order chi connectivity index (χ1) is 25.6. The molecule has 0 fully saturated rings. The summed E-state index contributed by atoms with van der Waals surface area (Å²) in [7, 11) is 1.63. The number of phosphoric ester groups is 1. The highest BCUT2D eigenvalue weighted by atomic mass is 31.2. The zero-order valence-electron chi connectivity index (χ0n) is 35.0. The van der Waals surface area contributed by atoms with Crippen molar-refractivity contribution in [2.24, 2.45) is 0 Å². The van der Waals surface area contributed by atoms with Crippen molar-refractivity contribution in [3.05, 3.63) is 48.6 Å². The van der Waals surface area contributed by atoms with Crippen molar-refractivity contribution in [3.8, 4) is 0 Å². The fourth-order valence-corrected chi connectivity index (χ4v) is 6.29. The lowest BCUT2D eigenvalue weighted by atomic mass is 10.0. The van der Waals surface area contributed by atoms with Crippen molar-refractivity contribution in [3.63, 3.8) is 0 Å². The van der Waals surface area contributed by atoms with E-state index in [1.165, 1.54) is 103 Å². The van der Waals surface area contributed by atoms with Crippen LogP contribution in [-0.2, 0) is 27.9 Å². The molecule has 9 heteroatoms. The number of carbonyl (C=O) groups excluding carboxylic acids is 1. The molecule has 53 heavy (non-hydrogen) atoms. The van der Waals surface area contributed by atoms with E-state index in [1.807, 2.05) is 21.1 Å². The van der Waals surface area contributed by atoms with Crippen LogP contribution in [0.5, 0.6) is 0 Å². The molecule has 0 aromatic rings. The highest BCUT2D eigenvalue weighted by Gasteiger charge is 2.26. The molecule has 1 N–H and O–H groups in total. The van der Waals surface area contributed by atoms with Gasteiger partial charge < -0.3 is 18.9 Å². The van der Waals surface area contributed by atoms with Crippen LogP contribution < -0.4 is 0 Å². The van der Waals surface area contributed by atoms with E-state index in [9.17, 15) is 14.3 Å². The summed E-state index contributed by atoms with van der Waals surface area (Å²) in [4.78, 5) is 22.8. The third-order valence-corrected chi connectivity index (χ3v) is 9.88. The summed E-state index contributed by atoms with van der Waals surface area (Å²) in [6.07, 6.45) is 44.3. The Hall–Kier alpha value is -1.54. The number of likely N-dealkylation sites (N-methyl/N-ethyl adjacent to an activating group) is 1. The lowest BCUT2D eigenvalue weighted by Gasteiger charge is -2.24. The predicted molar refractivity (Wildman–Crippen MR) is 224 cm³/mol. The van der Waals surface area contributed by atoms with Crippen LogP contribution in [0.15, 0.2) is 48.6 Å². The van der Waals surface area contributed by atoms with E-state index < -0.39 is 13.9 Å². The van der Waals surface area contributed by atoms with Crippen LogP contribution in [-0.4, -0.2) is 75.6 Å². The molecule has 1 unspecified atom stereocenters. The Labute approximate surface area is 327 Å². The second kappa shape index (κ2) is 37.4. The van der Waals surface area contributed by atoms with Gasteiger partial charge in [-0.15, -0.1) is 0 Å². The molecule has 0 bridgehead atoms. The van der Waals surface area contributed by atoms with Crippen LogP contribution >= 0.6 is 7.82 Å². The van der Waals surface area contributed by atoms with Crippen molar-refractivity contribution in [2.75, 3.05) is 54.1 Å². The molecule has 0 aliphatic carbocycles. The van der Waals surface area contributed by atoms with Crippen molar-refractivity contribution in [2.45, 2.75) is 174 Å². The maximum absolute atomic E-state index is 12.6. The molecule has 310 valence electrons. The minimum Gasteiger partial charge on any atom is -0.457 e. The fourth-order valence-electron chi connectivity index (χ4n) is 5.54. The third kappa shape index (κ3) is 41.5. The van der Waals surface area contributed by atoms with Crippen molar-refractivity contribution < 1.29 is 37.3 Å². The number of quaternary nitrogens is 1. The lowest BCUT2D eigenvalue weighted by Crippen LogP contribution is -2.37. The molecule has 0 saturated carbocycles. The molecule has 0 rings (SSSR count). The van der Waals surface area contributed by atoms with Crippen LogP contribution in [0.4, 0.5) is 0 Å². The smallest absolute Gasteiger partial charge is 0.457 e. The van der Waals surface area contributed by atoms with E-state index in [0.717, 1.165) is 38.5 Å². The van der Waals surface area contributed by atoms with E-state index in [-0.39, 0.29) is 32.2 Å². The van der Waals surface area contributed by atoms with Gasteiger partial charge in [-0.05, 0) is 51.4 Å². The molecule has 0 aliphatic rings. The van der Waals surface area contributed by atoms with Gasteiger partial charge in [-0.3, -0.25) is 13.8 Å². The van der Waals surface area contributed by atoms with Gasteiger partial charge in [0.2, 0.25) is 0 Å². The van der Waals surface area contributed by atoms with Crippen molar-refractivity contribution >= 4 is 13.8 Å². The molecule has 0 aliphatic heterocycles. The number of phosphoric acid groups is 1. The summed E-state index contributed by atoms with van der Waals surface area (Å²) >= 11 is 0. The minimum absolute atomic E-state index is 0.0782. The zero-order valence-corrected chi connectivity index (χ0v) is 35.9. The molecular formula is C44H83NO7P+. The highest BCUT2D eigenvalue weighted by molar-refractivity contribution is 7.47. The summed E-state index contributed by atoms with van der Waals surface area (Å²) in [6, 6.07) is 0. The summed E-state index contributed by atoms with van der Waals surface area (Å²) in [5, 5.41) is 0. The average molecular weight is 769 g/mol.